The van der Waals surface area contributed by atoms with E-state index < -0.39 is 11.9 Å². The lowest BCUT2D eigenvalue weighted by molar-refractivity contribution is -0.145. The number of amides is 1. The van der Waals surface area contributed by atoms with Crippen molar-refractivity contribution < 1.29 is 14.3 Å². The van der Waals surface area contributed by atoms with Gasteiger partial charge in [0.05, 0.1) is 12.3 Å². The van der Waals surface area contributed by atoms with E-state index in [0.29, 0.717) is 16.7 Å². The number of esters is 1. The third-order valence-corrected chi connectivity index (χ3v) is 2.23. The summed E-state index contributed by atoms with van der Waals surface area (Å²) in [4.78, 5) is 22.7. The van der Waals surface area contributed by atoms with E-state index in [9.17, 15) is 9.59 Å². The van der Waals surface area contributed by atoms with E-state index in [-0.39, 0.29) is 13.0 Å². The molecule has 0 atom stereocenters. The van der Waals surface area contributed by atoms with Crippen LogP contribution in [0.3, 0.4) is 0 Å². The zero-order valence-electron chi connectivity index (χ0n) is 9.77. The van der Waals surface area contributed by atoms with Crippen molar-refractivity contribution in [3.05, 3.63) is 18.2 Å². The van der Waals surface area contributed by atoms with E-state index >= 15 is 0 Å². The van der Waals surface area contributed by atoms with Gasteiger partial charge in [0.15, 0.2) is 0 Å². The van der Waals surface area contributed by atoms with E-state index in [1.807, 2.05) is 0 Å². The van der Waals surface area contributed by atoms with E-state index in [4.69, 9.17) is 0 Å². The van der Waals surface area contributed by atoms with Gasteiger partial charge in [-0.1, -0.05) is 6.07 Å². The minimum absolute atomic E-state index is 0.255. The molecule has 0 unspecified atom stereocenters. The fourth-order valence-corrected chi connectivity index (χ4v) is 1.51. The van der Waals surface area contributed by atoms with Crippen LogP contribution in [0.4, 0.5) is 5.69 Å². The summed E-state index contributed by atoms with van der Waals surface area (Å²) in [6.07, 6.45) is -0.317. The minimum Gasteiger partial charge on any atom is -0.466 e. The van der Waals surface area contributed by atoms with E-state index in [0.717, 1.165) is 0 Å². The number of fused-ring (bicyclic) bond motifs is 1. The summed E-state index contributed by atoms with van der Waals surface area (Å²) >= 11 is 0. The molecule has 1 heterocycles. The number of aromatic nitrogens is 3. The van der Waals surface area contributed by atoms with E-state index in [2.05, 4.69) is 25.5 Å². The topological polar surface area (TPSA) is 97.0 Å². The van der Waals surface area contributed by atoms with Crippen LogP contribution in [0.25, 0.3) is 11.0 Å². The quantitative estimate of drug-likeness (QED) is 0.617. The Labute approximate surface area is 103 Å². The van der Waals surface area contributed by atoms with Gasteiger partial charge in [-0.05, 0) is 19.1 Å². The highest BCUT2D eigenvalue weighted by Gasteiger charge is 2.12. The molecule has 7 nitrogen and oxygen atoms in total. The Balaban J connectivity index is 2.07. The fraction of sp³-hybridized carbons (Fsp3) is 0.273. The number of nitrogens with one attached hydrogen (secondary N) is 2. The number of para-hydroxylation sites is 1. The number of nitrogens with zero attached hydrogens (tertiary/aromatic N) is 2. The zero-order chi connectivity index (χ0) is 13.0. The second-order valence-electron chi connectivity index (χ2n) is 3.53. The van der Waals surface area contributed by atoms with Crippen molar-refractivity contribution in [2.75, 3.05) is 11.9 Å². The summed E-state index contributed by atoms with van der Waals surface area (Å²) in [6.45, 7) is 1.94. The first-order valence-electron chi connectivity index (χ1n) is 5.45. The zero-order valence-corrected chi connectivity index (χ0v) is 9.77. The lowest BCUT2D eigenvalue weighted by Gasteiger charge is -2.05. The second-order valence-corrected chi connectivity index (χ2v) is 3.53. The largest absolute Gasteiger partial charge is 0.466 e. The molecule has 0 saturated heterocycles. The Kier molecular flexibility index (Phi) is 3.52. The highest BCUT2D eigenvalue weighted by atomic mass is 16.5. The number of H-pyrrole nitrogens is 1. The summed E-state index contributed by atoms with van der Waals surface area (Å²) < 4.78 is 4.69. The third-order valence-electron chi connectivity index (χ3n) is 2.23. The smallest absolute Gasteiger partial charge is 0.315 e. The number of aromatic amines is 1. The Bertz CT molecular complexity index is 578. The van der Waals surface area contributed by atoms with Crippen LogP contribution in [-0.2, 0) is 14.3 Å². The van der Waals surface area contributed by atoms with Crippen LogP contribution in [0.1, 0.15) is 13.3 Å². The molecule has 2 N–H and O–H groups in total. The monoisotopic (exact) mass is 248 g/mol. The predicted octanol–water partition coefficient (Wildman–Crippen LogP) is 0.850. The van der Waals surface area contributed by atoms with Gasteiger partial charge in [0.25, 0.3) is 0 Å². The summed E-state index contributed by atoms with van der Waals surface area (Å²) in [5, 5.41) is 12.9. The lowest BCUT2D eigenvalue weighted by Crippen LogP contribution is -2.18. The standard InChI is InChI=1S/C11H12N4O3/c1-2-18-10(17)6-9(16)12-7-4-3-5-8-11(7)14-15-13-8/h3-5H,2,6H2,1H3,(H,12,16)(H,13,14,15). The summed E-state index contributed by atoms with van der Waals surface area (Å²) in [5.74, 6) is -0.994. The maximum Gasteiger partial charge on any atom is 0.315 e. The van der Waals surface area contributed by atoms with Gasteiger partial charge < -0.3 is 10.1 Å². The van der Waals surface area contributed by atoms with E-state index in [1.54, 1.807) is 25.1 Å². The molecule has 1 aromatic heterocycles. The first kappa shape index (κ1) is 12.0. The van der Waals surface area contributed by atoms with Gasteiger partial charge in [-0.25, -0.2) is 0 Å². The molecule has 0 aliphatic rings. The SMILES string of the molecule is CCOC(=O)CC(=O)Nc1cccc2n[nH]nc12. The molecule has 0 spiro atoms. The van der Waals surface area contributed by atoms with Crippen LogP contribution in [0.2, 0.25) is 0 Å². The Morgan fingerprint density at radius 1 is 1.39 bits per heavy atom. The van der Waals surface area contributed by atoms with Crippen LogP contribution in [0.5, 0.6) is 0 Å². The average Bonchev–Trinajstić information content (AvgIpc) is 2.78. The molecule has 0 aliphatic carbocycles. The van der Waals surface area contributed by atoms with Crippen molar-refractivity contribution in [3.63, 3.8) is 0 Å². The van der Waals surface area contributed by atoms with Gasteiger partial charge in [-0.15, -0.1) is 0 Å². The van der Waals surface area contributed by atoms with Crippen molar-refractivity contribution in [3.8, 4) is 0 Å². The number of ether oxygens (including phenoxy) is 1. The number of carbonyl (C=O) groups is 2. The third kappa shape index (κ3) is 2.62. The van der Waals surface area contributed by atoms with Gasteiger partial charge in [0.2, 0.25) is 5.91 Å². The van der Waals surface area contributed by atoms with Gasteiger partial charge in [0.1, 0.15) is 17.5 Å². The molecule has 0 radical (unpaired) electrons. The first-order valence-corrected chi connectivity index (χ1v) is 5.45. The van der Waals surface area contributed by atoms with Crippen LogP contribution in [0.15, 0.2) is 18.2 Å². The minimum atomic E-state index is -0.553. The molecule has 0 fully saturated rings. The fourth-order valence-electron chi connectivity index (χ4n) is 1.51. The number of rotatable bonds is 4. The molecule has 0 saturated carbocycles. The number of benzene rings is 1. The average molecular weight is 248 g/mol. The molecule has 1 amide bonds. The molecular formula is C11H12N4O3. The predicted molar refractivity (Wildman–Crippen MR) is 63.8 cm³/mol. The van der Waals surface area contributed by atoms with Crippen molar-refractivity contribution >= 4 is 28.6 Å². The van der Waals surface area contributed by atoms with Crippen LogP contribution >= 0.6 is 0 Å². The van der Waals surface area contributed by atoms with Crippen molar-refractivity contribution in [1.29, 1.82) is 0 Å². The molecular weight excluding hydrogens is 236 g/mol. The Morgan fingerprint density at radius 3 is 3.00 bits per heavy atom. The first-order chi connectivity index (χ1) is 8.70. The maximum absolute atomic E-state index is 11.6. The van der Waals surface area contributed by atoms with Crippen molar-refractivity contribution in [1.82, 2.24) is 15.4 Å². The second kappa shape index (κ2) is 5.26. The molecule has 94 valence electrons. The molecule has 2 aromatic rings. The number of hydrogen-bond acceptors (Lipinski definition) is 5. The molecule has 0 bridgehead atoms. The summed E-state index contributed by atoms with van der Waals surface area (Å²) in [7, 11) is 0. The van der Waals surface area contributed by atoms with Gasteiger partial charge >= 0.3 is 5.97 Å². The number of hydrogen-bond donors (Lipinski definition) is 2. The molecule has 1 aromatic carbocycles. The Hall–Kier alpha value is -2.44. The van der Waals surface area contributed by atoms with Gasteiger partial charge in [-0.2, -0.15) is 15.4 Å². The highest BCUT2D eigenvalue weighted by molar-refractivity contribution is 6.05. The maximum atomic E-state index is 11.6. The van der Waals surface area contributed by atoms with E-state index in [1.165, 1.54) is 0 Å². The van der Waals surface area contributed by atoms with Gasteiger partial charge in [-0.3, -0.25) is 9.59 Å². The summed E-state index contributed by atoms with van der Waals surface area (Å²) in [5.41, 5.74) is 1.70. The van der Waals surface area contributed by atoms with Crippen molar-refractivity contribution in [2.24, 2.45) is 0 Å². The summed E-state index contributed by atoms with van der Waals surface area (Å²) in [6, 6.07) is 5.19. The van der Waals surface area contributed by atoms with Crippen LogP contribution < -0.4 is 5.32 Å². The van der Waals surface area contributed by atoms with Crippen molar-refractivity contribution in [2.45, 2.75) is 13.3 Å². The highest BCUT2D eigenvalue weighted by Crippen LogP contribution is 2.18. The number of anilines is 1. The van der Waals surface area contributed by atoms with Crippen LogP contribution in [0, 0.1) is 0 Å². The Morgan fingerprint density at radius 2 is 2.22 bits per heavy atom. The van der Waals surface area contributed by atoms with Crippen LogP contribution in [-0.4, -0.2) is 33.9 Å². The van der Waals surface area contributed by atoms with Gasteiger partial charge in [0, 0.05) is 0 Å². The normalized spacial score (nSPS) is 10.3. The molecule has 0 aliphatic heterocycles. The lowest BCUT2D eigenvalue weighted by atomic mass is 10.2. The number of carbonyl (C=O) groups excluding carboxylic acids is 2. The molecule has 7 heteroatoms. The molecule has 18 heavy (non-hydrogen) atoms. The molecule has 2 rings (SSSR count).